The monoisotopic (exact) mass is 307 g/mol. The van der Waals surface area contributed by atoms with E-state index in [2.05, 4.69) is 22.1 Å². The molecule has 0 saturated carbocycles. The molecule has 21 heavy (non-hydrogen) atoms. The van der Waals surface area contributed by atoms with Gasteiger partial charge in [0.25, 0.3) is 0 Å². The van der Waals surface area contributed by atoms with Gasteiger partial charge in [0, 0.05) is 17.3 Å². The number of hydrogen-bond acceptors (Lipinski definition) is 3. The van der Waals surface area contributed by atoms with E-state index in [1.165, 1.54) is 0 Å². The lowest BCUT2D eigenvalue weighted by Crippen LogP contribution is -2.21. The lowest BCUT2D eigenvalue weighted by atomic mass is 10.0. The minimum atomic E-state index is -4.28. The Kier molecular flexibility index (Phi) is 6.67. The molecule has 1 heterocycles. The van der Waals surface area contributed by atoms with Gasteiger partial charge < -0.3 is 10.1 Å². The zero-order chi connectivity index (χ0) is 16.0. The molecule has 1 rings (SSSR count). The second-order valence-electron chi connectivity index (χ2n) is 4.99. The highest BCUT2D eigenvalue weighted by atomic mass is 19.4. The summed E-state index contributed by atoms with van der Waals surface area (Å²) in [5, 5.41) is 7.81. The van der Waals surface area contributed by atoms with Crippen molar-refractivity contribution in [1.29, 1.82) is 0 Å². The molecule has 0 fully saturated rings. The quantitative estimate of drug-likeness (QED) is 0.750. The molecule has 0 aromatic carbocycles. The van der Waals surface area contributed by atoms with Crippen molar-refractivity contribution in [3.63, 3.8) is 0 Å². The summed E-state index contributed by atoms with van der Waals surface area (Å²) in [7, 11) is 0. The third-order valence-corrected chi connectivity index (χ3v) is 3.36. The number of hydrogen-bond donors (Lipinski definition) is 1. The number of ether oxygens (including phenoxy) is 1. The second kappa shape index (κ2) is 7.79. The normalized spacial score (nSPS) is 13.7. The third kappa shape index (κ3) is 5.32. The van der Waals surface area contributed by atoms with Crippen molar-refractivity contribution in [2.24, 2.45) is 0 Å². The zero-order valence-electron chi connectivity index (χ0n) is 13.0. The molecule has 0 bridgehead atoms. The fraction of sp³-hybridized carbons (Fsp3) is 0.786. The van der Waals surface area contributed by atoms with Crippen molar-refractivity contribution >= 4 is 0 Å². The topological polar surface area (TPSA) is 39.1 Å². The van der Waals surface area contributed by atoms with Crippen LogP contribution in [0.3, 0.4) is 0 Å². The van der Waals surface area contributed by atoms with Crippen molar-refractivity contribution in [3.8, 4) is 0 Å². The average molecular weight is 307 g/mol. The molecule has 0 saturated heterocycles. The third-order valence-electron chi connectivity index (χ3n) is 3.36. The van der Waals surface area contributed by atoms with Crippen LogP contribution in [0.1, 0.15) is 43.3 Å². The number of nitrogens with one attached hydrogen (secondary N) is 1. The van der Waals surface area contributed by atoms with Crippen LogP contribution < -0.4 is 5.32 Å². The van der Waals surface area contributed by atoms with E-state index >= 15 is 0 Å². The highest BCUT2D eigenvalue weighted by molar-refractivity contribution is 5.28. The largest absolute Gasteiger partial charge is 0.411 e. The molecule has 4 nitrogen and oxygen atoms in total. The van der Waals surface area contributed by atoms with Crippen molar-refractivity contribution < 1.29 is 17.9 Å². The molecule has 7 heteroatoms. The summed E-state index contributed by atoms with van der Waals surface area (Å²) in [6.45, 7) is 7.98. The van der Waals surface area contributed by atoms with Gasteiger partial charge in [-0.15, -0.1) is 0 Å². The molecule has 0 aliphatic rings. The Morgan fingerprint density at radius 3 is 2.48 bits per heavy atom. The number of alkyl halides is 3. The molecule has 1 N–H and O–H groups in total. The van der Waals surface area contributed by atoms with Gasteiger partial charge in [-0.1, -0.05) is 13.8 Å². The minimum absolute atomic E-state index is 0.00108. The van der Waals surface area contributed by atoms with Gasteiger partial charge in [-0.2, -0.15) is 18.3 Å². The fourth-order valence-electron chi connectivity index (χ4n) is 2.47. The van der Waals surface area contributed by atoms with Crippen molar-refractivity contribution in [3.05, 3.63) is 17.0 Å². The lowest BCUT2D eigenvalue weighted by molar-refractivity contribution is -0.174. The molecule has 1 unspecified atom stereocenters. The van der Waals surface area contributed by atoms with Crippen molar-refractivity contribution in [2.45, 2.75) is 52.9 Å². The number of rotatable bonds is 8. The average Bonchev–Trinajstić information content (AvgIpc) is 2.66. The minimum Gasteiger partial charge on any atom is -0.370 e. The maximum Gasteiger partial charge on any atom is 0.411 e. The van der Waals surface area contributed by atoms with Gasteiger partial charge in [0.05, 0.1) is 18.8 Å². The summed E-state index contributed by atoms with van der Waals surface area (Å²) < 4.78 is 42.4. The maximum absolute atomic E-state index is 12.0. The predicted molar refractivity (Wildman–Crippen MR) is 75.3 cm³/mol. The first-order valence-corrected chi connectivity index (χ1v) is 7.21. The van der Waals surface area contributed by atoms with E-state index in [9.17, 15) is 13.2 Å². The van der Waals surface area contributed by atoms with E-state index in [-0.39, 0.29) is 12.6 Å². The fourth-order valence-corrected chi connectivity index (χ4v) is 2.47. The first-order chi connectivity index (χ1) is 9.80. The Labute approximate surface area is 123 Å². The number of nitrogens with zero attached hydrogens (tertiary/aromatic N) is 2. The van der Waals surface area contributed by atoms with E-state index in [4.69, 9.17) is 0 Å². The summed E-state index contributed by atoms with van der Waals surface area (Å²) in [4.78, 5) is 0. The molecule has 0 radical (unpaired) electrons. The molecule has 0 spiro atoms. The summed E-state index contributed by atoms with van der Waals surface area (Å²) in [5.41, 5.74) is 3.03. The van der Waals surface area contributed by atoms with Gasteiger partial charge in [0.2, 0.25) is 0 Å². The Balaban J connectivity index is 2.69. The Morgan fingerprint density at radius 1 is 1.29 bits per heavy atom. The highest BCUT2D eigenvalue weighted by Gasteiger charge is 2.27. The van der Waals surface area contributed by atoms with Crippen LogP contribution in [0.25, 0.3) is 0 Å². The second-order valence-corrected chi connectivity index (χ2v) is 4.99. The number of aryl methyl sites for hydroxylation is 1. The molecule has 0 amide bonds. The summed E-state index contributed by atoms with van der Waals surface area (Å²) in [5.74, 6) is 0. The molecule has 122 valence electrons. The van der Waals surface area contributed by atoms with Crippen LogP contribution in [-0.4, -0.2) is 35.7 Å². The first-order valence-electron chi connectivity index (χ1n) is 7.21. The summed E-state index contributed by atoms with van der Waals surface area (Å²) in [6, 6.07) is 0.222. The molecule has 1 aromatic heterocycles. The van der Waals surface area contributed by atoms with Crippen LogP contribution >= 0.6 is 0 Å². The molecule has 0 aliphatic heterocycles. The van der Waals surface area contributed by atoms with Crippen molar-refractivity contribution in [1.82, 2.24) is 15.1 Å². The first kappa shape index (κ1) is 18.0. The SMILES string of the molecule is CCNC(CC)c1c(C)nn(CCOCC(F)(F)F)c1C. The number of halogens is 3. The maximum atomic E-state index is 12.0. The standard InChI is InChI=1S/C14H24F3N3O/c1-5-12(18-6-2)13-10(3)19-20(11(13)4)7-8-21-9-14(15,16)17/h12,18H,5-9H2,1-4H3. The predicted octanol–water partition coefficient (Wildman–Crippen LogP) is 3.14. The molecular weight excluding hydrogens is 283 g/mol. The van der Waals surface area contributed by atoms with Crippen LogP contribution in [0.4, 0.5) is 13.2 Å². The molecular formula is C14H24F3N3O. The van der Waals surface area contributed by atoms with Gasteiger partial charge >= 0.3 is 6.18 Å². The van der Waals surface area contributed by atoms with Crippen LogP contribution in [0.15, 0.2) is 0 Å². The summed E-state index contributed by atoms with van der Waals surface area (Å²) in [6.07, 6.45) is -3.34. The Bertz CT molecular complexity index is 443. The highest BCUT2D eigenvalue weighted by Crippen LogP contribution is 2.24. The molecule has 0 aliphatic carbocycles. The Hall–Kier alpha value is -1.08. The number of aromatic nitrogens is 2. The molecule has 1 atom stereocenters. The van der Waals surface area contributed by atoms with Crippen LogP contribution in [0, 0.1) is 13.8 Å². The van der Waals surface area contributed by atoms with E-state index in [0.717, 1.165) is 29.9 Å². The summed E-state index contributed by atoms with van der Waals surface area (Å²) >= 11 is 0. The van der Waals surface area contributed by atoms with E-state index in [0.29, 0.717) is 6.54 Å². The zero-order valence-corrected chi connectivity index (χ0v) is 13.0. The van der Waals surface area contributed by atoms with E-state index in [1.54, 1.807) is 4.68 Å². The smallest absolute Gasteiger partial charge is 0.370 e. The van der Waals surface area contributed by atoms with Gasteiger partial charge in [-0.05, 0) is 26.8 Å². The van der Waals surface area contributed by atoms with Crippen molar-refractivity contribution in [2.75, 3.05) is 19.8 Å². The van der Waals surface area contributed by atoms with Crippen LogP contribution in [-0.2, 0) is 11.3 Å². The van der Waals surface area contributed by atoms with Crippen LogP contribution in [0.5, 0.6) is 0 Å². The molecule has 1 aromatic rings. The van der Waals surface area contributed by atoms with Gasteiger partial charge in [0.15, 0.2) is 0 Å². The lowest BCUT2D eigenvalue weighted by Gasteiger charge is -2.16. The van der Waals surface area contributed by atoms with E-state index in [1.807, 2.05) is 20.8 Å². The van der Waals surface area contributed by atoms with Crippen LogP contribution in [0.2, 0.25) is 0 Å². The Morgan fingerprint density at radius 2 is 1.95 bits per heavy atom. The van der Waals surface area contributed by atoms with E-state index < -0.39 is 12.8 Å². The van der Waals surface area contributed by atoms with Gasteiger partial charge in [-0.3, -0.25) is 4.68 Å². The van der Waals surface area contributed by atoms with Gasteiger partial charge in [-0.25, -0.2) is 0 Å². The van der Waals surface area contributed by atoms with Gasteiger partial charge in [0.1, 0.15) is 6.61 Å².